The molecule has 3 nitrogen and oxygen atoms in total. The van der Waals surface area contributed by atoms with E-state index in [1.807, 2.05) is 0 Å². The average Bonchev–Trinajstić information content (AvgIpc) is 2.46. The van der Waals surface area contributed by atoms with Gasteiger partial charge in [-0.15, -0.1) is 0 Å². The molecular formula is C15H31N3. The molecule has 0 spiro atoms. The highest BCUT2D eigenvalue weighted by atomic mass is 15.2. The van der Waals surface area contributed by atoms with Gasteiger partial charge in [-0.05, 0) is 58.3 Å². The molecule has 18 heavy (non-hydrogen) atoms. The monoisotopic (exact) mass is 253 g/mol. The predicted octanol–water partition coefficient (Wildman–Crippen LogP) is 2.06. The Kier molecular flexibility index (Phi) is 5.93. The maximum atomic E-state index is 5.92. The number of piperidine rings is 2. The number of rotatable bonds is 5. The van der Waals surface area contributed by atoms with Gasteiger partial charge in [0.05, 0.1) is 0 Å². The van der Waals surface area contributed by atoms with E-state index in [1.54, 1.807) is 0 Å². The van der Waals surface area contributed by atoms with Crippen LogP contribution in [-0.2, 0) is 0 Å². The van der Waals surface area contributed by atoms with Gasteiger partial charge < -0.3 is 10.6 Å². The summed E-state index contributed by atoms with van der Waals surface area (Å²) in [6.45, 7) is 8.33. The summed E-state index contributed by atoms with van der Waals surface area (Å²) in [7, 11) is 0. The van der Waals surface area contributed by atoms with Crippen molar-refractivity contribution in [2.75, 3.05) is 32.7 Å². The zero-order valence-electron chi connectivity index (χ0n) is 12.1. The largest absolute Gasteiger partial charge is 0.329 e. The lowest BCUT2D eigenvalue weighted by molar-refractivity contribution is 0.0715. The maximum Gasteiger partial charge on any atom is 0.0218 e. The van der Waals surface area contributed by atoms with Crippen molar-refractivity contribution in [2.24, 2.45) is 5.73 Å². The van der Waals surface area contributed by atoms with Crippen molar-refractivity contribution in [2.45, 2.75) is 64.0 Å². The highest BCUT2D eigenvalue weighted by molar-refractivity contribution is 4.84. The number of likely N-dealkylation sites (tertiary alicyclic amines) is 2. The number of nitrogens with zero attached hydrogens (tertiary/aromatic N) is 2. The average molecular weight is 253 g/mol. The first-order valence-corrected chi connectivity index (χ1v) is 8.03. The fraction of sp³-hybridized carbons (Fsp3) is 1.00. The molecule has 0 aromatic carbocycles. The molecule has 0 aromatic heterocycles. The van der Waals surface area contributed by atoms with Crippen LogP contribution in [0.1, 0.15) is 51.9 Å². The van der Waals surface area contributed by atoms with Gasteiger partial charge in [-0.25, -0.2) is 0 Å². The van der Waals surface area contributed by atoms with Gasteiger partial charge in [0.25, 0.3) is 0 Å². The van der Waals surface area contributed by atoms with Crippen LogP contribution in [-0.4, -0.2) is 54.6 Å². The maximum absolute atomic E-state index is 5.92. The van der Waals surface area contributed by atoms with Crippen LogP contribution in [0.2, 0.25) is 0 Å². The Morgan fingerprint density at radius 2 is 1.72 bits per heavy atom. The van der Waals surface area contributed by atoms with E-state index < -0.39 is 0 Å². The molecule has 0 amide bonds. The minimum atomic E-state index is 0.636. The molecule has 3 heteroatoms. The fourth-order valence-electron chi connectivity index (χ4n) is 3.68. The lowest BCUT2D eigenvalue weighted by Crippen LogP contribution is -2.50. The number of hydrogen-bond donors (Lipinski definition) is 1. The third-order valence-corrected chi connectivity index (χ3v) is 4.82. The molecule has 2 heterocycles. The van der Waals surface area contributed by atoms with E-state index in [-0.39, 0.29) is 0 Å². The summed E-state index contributed by atoms with van der Waals surface area (Å²) in [6.07, 6.45) is 9.53. The standard InChI is InChI=1S/C15H31N3/c1-2-6-15(13-16)18-11-7-14(8-12-18)17-9-4-3-5-10-17/h14-15H,2-13,16H2,1H3. The second-order valence-corrected chi connectivity index (χ2v) is 6.04. The van der Waals surface area contributed by atoms with E-state index >= 15 is 0 Å². The molecule has 0 saturated carbocycles. The summed E-state index contributed by atoms with van der Waals surface area (Å²) in [6, 6.07) is 1.50. The van der Waals surface area contributed by atoms with Crippen LogP contribution in [0, 0.1) is 0 Å². The molecule has 2 aliphatic rings. The van der Waals surface area contributed by atoms with Gasteiger partial charge in [0, 0.05) is 18.6 Å². The Labute approximate surface area is 113 Å². The van der Waals surface area contributed by atoms with Crippen molar-refractivity contribution in [3.05, 3.63) is 0 Å². The van der Waals surface area contributed by atoms with Gasteiger partial charge in [0.1, 0.15) is 0 Å². The van der Waals surface area contributed by atoms with Crippen LogP contribution in [0.4, 0.5) is 0 Å². The summed E-state index contributed by atoms with van der Waals surface area (Å²) in [4.78, 5) is 5.39. The van der Waals surface area contributed by atoms with Crippen LogP contribution in [0.15, 0.2) is 0 Å². The van der Waals surface area contributed by atoms with Crippen LogP contribution >= 0.6 is 0 Å². The quantitative estimate of drug-likeness (QED) is 0.814. The molecule has 2 fully saturated rings. The van der Waals surface area contributed by atoms with Crippen molar-refractivity contribution >= 4 is 0 Å². The molecule has 1 unspecified atom stereocenters. The van der Waals surface area contributed by atoms with Crippen LogP contribution in [0.5, 0.6) is 0 Å². The Bertz CT molecular complexity index is 205. The third kappa shape index (κ3) is 3.69. The molecule has 0 bridgehead atoms. The van der Waals surface area contributed by atoms with Crippen LogP contribution in [0.3, 0.4) is 0 Å². The SMILES string of the molecule is CCCC(CN)N1CCC(N2CCCCC2)CC1. The van der Waals surface area contributed by atoms with Gasteiger partial charge in [-0.1, -0.05) is 19.8 Å². The van der Waals surface area contributed by atoms with Crippen LogP contribution < -0.4 is 5.73 Å². The first-order valence-electron chi connectivity index (χ1n) is 8.03. The van der Waals surface area contributed by atoms with Gasteiger partial charge in [0.2, 0.25) is 0 Å². The molecule has 106 valence electrons. The van der Waals surface area contributed by atoms with Gasteiger partial charge in [-0.2, -0.15) is 0 Å². The minimum Gasteiger partial charge on any atom is -0.329 e. The molecule has 1 atom stereocenters. The van der Waals surface area contributed by atoms with Crippen molar-refractivity contribution in [3.8, 4) is 0 Å². The van der Waals surface area contributed by atoms with E-state index in [4.69, 9.17) is 5.73 Å². The zero-order valence-corrected chi connectivity index (χ0v) is 12.1. The first kappa shape index (κ1) is 14.3. The number of hydrogen-bond acceptors (Lipinski definition) is 3. The summed E-state index contributed by atoms with van der Waals surface area (Å²) in [5.41, 5.74) is 5.92. The summed E-state index contributed by atoms with van der Waals surface area (Å²) in [5, 5.41) is 0. The van der Waals surface area contributed by atoms with Gasteiger partial charge in [-0.3, -0.25) is 4.90 Å². The minimum absolute atomic E-state index is 0.636. The Morgan fingerprint density at radius 1 is 1.06 bits per heavy atom. The third-order valence-electron chi connectivity index (χ3n) is 4.82. The van der Waals surface area contributed by atoms with Crippen LogP contribution in [0.25, 0.3) is 0 Å². The smallest absolute Gasteiger partial charge is 0.0218 e. The normalized spacial score (nSPS) is 26.3. The van der Waals surface area contributed by atoms with Crippen molar-refractivity contribution in [3.63, 3.8) is 0 Å². The van der Waals surface area contributed by atoms with Crippen molar-refractivity contribution in [1.29, 1.82) is 0 Å². The molecule has 0 radical (unpaired) electrons. The summed E-state index contributed by atoms with van der Waals surface area (Å²) >= 11 is 0. The Morgan fingerprint density at radius 3 is 2.28 bits per heavy atom. The zero-order chi connectivity index (χ0) is 12.8. The molecule has 2 aliphatic heterocycles. The lowest BCUT2D eigenvalue weighted by Gasteiger charge is -2.42. The molecule has 0 aliphatic carbocycles. The van der Waals surface area contributed by atoms with Gasteiger partial charge in [0.15, 0.2) is 0 Å². The van der Waals surface area contributed by atoms with E-state index in [1.165, 1.54) is 71.1 Å². The highest BCUT2D eigenvalue weighted by Gasteiger charge is 2.27. The molecule has 2 rings (SSSR count). The summed E-state index contributed by atoms with van der Waals surface area (Å²) in [5.74, 6) is 0. The predicted molar refractivity (Wildman–Crippen MR) is 77.8 cm³/mol. The second-order valence-electron chi connectivity index (χ2n) is 6.04. The van der Waals surface area contributed by atoms with Crippen molar-refractivity contribution < 1.29 is 0 Å². The topological polar surface area (TPSA) is 32.5 Å². The Balaban J connectivity index is 1.76. The van der Waals surface area contributed by atoms with Gasteiger partial charge >= 0.3 is 0 Å². The van der Waals surface area contributed by atoms with E-state index in [0.717, 1.165) is 12.6 Å². The van der Waals surface area contributed by atoms with Crippen molar-refractivity contribution in [1.82, 2.24) is 9.80 Å². The van der Waals surface area contributed by atoms with E-state index in [0.29, 0.717) is 6.04 Å². The highest BCUT2D eigenvalue weighted by Crippen LogP contribution is 2.22. The van der Waals surface area contributed by atoms with E-state index in [2.05, 4.69) is 16.7 Å². The molecule has 2 saturated heterocycles. The second kappa shape index (κ2) is 7.46. The lowest BCUT2D eigenvalue weighted by atomic mass is 9.98. The molecule has 0 aromatic rings. The Hall–Kier alpha value is -0.120. The first-order chi connectivity index (χ1) is 8.85. The molecular weight excluding hydrogens is 222 g/mol. The summed E-state index contributed by atoms with van der Waals surface area (Å²) < 4.78 is 0. The molecule has 2 N–H and O–H groups in total. The number of nitrogens with two attached hydrogens (primary N) is 1. The fourth-order valence-corrected chi connectivity index (χ4v) is 3.68. The van der Waals surface area contributed by atoms with E-state index in [9.17, 15) is 0 Å².